The molecule has 0 spiro atoms. The second kappa shape index (κ2) is 11.0. The van der Waals surface area contributed by atoms with Gasteiger partial charge in [-0.1, -0.05) is 42.0 Å². The average molecular weight is 380 g/mol. The average Bonchev–Trinajstić information content (AvgIpc) is 2.70. The lowest BCUT2D eigenvalue weighted by Gasteiger charge is -2.17. The summed E-state index contributed by atoms with van der Waals surface area (Å²) in [5, 5.41) is 0. The Labute approximate surface area is 167 Å². The molecule has 0 aromatic heterocycles. The Morgan fingerprint density at radius 1 is 1.07 bits per heavy atom. The van der Waals surface area contributed by atoms with E-state index in [2.05, 4.69) is 19.9 Å². The molecule has 0 radical (unpaired) electrons. The summed E-state index contributed by atoms with van der Waals surface area (Å²) in [4.78, 5) is 11.7. The molecule has 4 heteroatoms. The van der Waals surface area contributed by atoms with Crippen LogP contribution in [-0.4, -0.2) is 19.7 Å². The van der Waals surface area contributed by atoms with Crippen LogP contribution in [0.1, 0.15) is 37.5 Å². The third-order valence-electron chi connectivity index (χ3n) is 4.09. The van der Waals surface area contributed by atoms with Crippen molar-refractivity contribution in [2.75, 3.05) is 13.7 Å². The highest BCUT2D eigenvalue weighted by atomic mass is 16.5. The minimum Gasteiger partial charge on any atom is -0.496 e. The lowest BCUT2D eigenvalue weighted by molar-refractivity contribution is -0.137. The number of hydrogen-bond acceptors (Lipinski definition) is 4. The van der Waals surface area contributed by atoms with Gasteiger partial charge in [-0.05, 0) is 51.0 Å². The third kappa shape index (κ3) is 6.31. The molecule has 0 aliphatic heterocycles. The summed E-state index contributed by atoms with van der Waals surface area (Å²) in [5.74, 6) is 1.09. The fourth-order valence-corrected chi connectivity index (χ4v) is 2.70. The lowest BCUT2D eigenvalue weighted by Crippen LogP contribution is -2.03. The zero-order valence-electron chi connectivity index (χ0n) is 17.0. The molecule has 0 amide bonds. The predicted octanol–water partition coefficient (Wildman–Crippen LogP) is 5.36. The smallest absolute Gasteiger partial charge is 0.330 e. The number of allylic oxidation sites excluding steroid dienone is 2. The summed E-state index contributed by atoms with van der Waals surface area (Å²) in [6, 6.07) is 13.8. The minimum absolute atomic E-state index is 0.342. The number of hydrogen-bond donors (Lipinski definition) is 0. The molecular formula is C24H28O4. The molecule has 0 aliphatic carbocycles. The van der Waals surface area contributed by atoms with E-state index in [1.54, 1.807) is 20.1 Å². The van der Waals surface area contributed by atoms with Crippen LogP contribution in [0.4, 0.5) is 0 Å². The minimum atomic E-state index is -0.377. The highest BCUT2D eigenvalue weighted by molar-refractivity contribution is 5.87. The first-order valence-electron chi connectivity index (χ1n) is 9.40. The van der Waals surface area contributed by atoms with E-state index < -0.39 is 0 Å². The van der Waals surface area contributed by atoms with Crippen LogP contribution in [0.15, 0.2) is 60.2 Å². The molecule has 0 N–H and O–H groups in total. The second-order valence-electron chi connectivity index (χ2n) is 6.51. The van der Waals surface area contributed by atoms with Crippen LogP contribution in [-0.2, 0) is 22.6 Å². The van der Waals surface area contributed by atoms with E-state index in [-0.39, 0.29) is 5.97 Å². The van der Waals surface area contributed by atoms with Gasteiger partial charge in [0.25, 0.3) is 0 Å². The van der Waals surface area contributed by atoms with E-state index in [4.69, 9.17) is 14.2 Å². The van der Waals surface area contributed by atoms with E-state index in [0.717, 1.165) is 22.4 Å². The number of esters is 1. The van der Waals surface area contributed by atoms with E-state index in [1.807, 2.05) is 42.5 Å². The summed E-state index contributed by atoms with van der Waals surface area (Å²) in [6.45, 7) is 6.67. The maximum absolute atomic E-state index is 11.7. The Kier molecular flexibility index (Phi) is 8.35. The van der Waals surface area contributed by atoms with Gasteiger partial charge in [-0.15, -0.1) is 0 Å². The number of carbonyl (C=O) groups is 1. The van der Waals surface area contributed by atoms with Gasteiger partial charge in [-0.3, -0.25) is 0 Å². The monoisotopic (exact) mass is 380 g/mol. The number of ether oxygens (including phenoxy) is 3. The van der Waals surface area contributed by atoms with Crippen molar-refractivity contribution in [2.24, 2.45) is 0 Å². The van der Waals surface area contributed by atoms with Crippen LogP contribution in [0.5, 0.6) is 11.5 Å². The van der Waals surface area contributed by atoms with Crippen molar-refractivity contribution in [3.63, 3.8) is 0 Å². The first-order valence-corrected chi connectivity index (χ1v) is 9.40. The molecule has 28 heavy (non-hydrogen) atoms. The number of methoxy groups -OCH3 is 1. The summed E-state index contributed by atoms with van der Waals surface area (Å²) in [7, 11) is 1.65. The Morgan fingerprint density at radius 2 is 1.82 bits per heavy atom. The van der Waals surface area contributed by atoms with Gasteiger partial charge in [0.2, 0.25) is 0 Å². The molecule has 2 rings (SSSR count). The van der Waals surface area contributed by atoms with E-state index >= 15 is 0 Å². The third-order valence-corrected chi connectivity index (χ3v) is 4.09. The molecule has 2 aromatic rings. The SMILES string of the molecule is CCOC(=O)/C=C/c1ccc(OC)c(CC=C(C)C)c1OCc1ccccc1. The Balaban J connectivity index is 2.42. The van der Waals surface area contributed by atoms with Gasteiger partial charge in [0.15, 0.2) is 0 Å². The molecular weight excluding hydrogens is 352 g/mol. The van der Waals surface area contributed by atoms with Crippen molar-refractivity contribution in [3.8, 4) is 11.5 Å². The van der Waals surface area contributed by atoms with E-state index in [1.165, 1.54) is 11.6 Å². The number of rotatable bonds is 9. The first-order chi connectivity index (χ1) is 13.5. The molecule has 0 bridgehead atoms. The highest BCUT2D eigenvalue weighted by Crippen LogP contribution is 2.35. The summed E-state index contributed by atoms with van der Waals surface area (Å²) >= 11 is 0. The molecule has 0 saturated carbocycles. The summed E-state index contributed by atoms with van der Waals surface area (Å²) in [5.41, 5.74) is 4.04. The maximum Gasteiger partial charge on any atom is 0.330 e. The zero-order valence-corrected chi connectivity index (χ0v) is 17.0. The highest BCUT2D eigenvalue weighted by Gasteiger charge is 2.14. The molecule has 4 nitrogen and oxygen atoms in total. The molecule has 148 valence electrons. The van der Waals surface area contributed by atoms with Gasteiger partial charge in [0.05, 0.1) is 13.7 Å². The quantitative estimate of drug-likeness (QED) is 0.334. The van der Waals surface area contributed by atoms with Crippen molar-refractivity contribution in [2.45, 2.75) is 33.8 Å². The Hall–Kier alpha value is -3.01. The van der Waals surface area contributed by atoms with Crippen molar-refractivity contribution < 1.29 is 19.0 Å². The predicted molar refractivity (Wildman–Crippen MR) is 113 cm³/mol. The van der Waals surface area contributed by atoms with Crippen molar-refractivity contribution in [1.82, 2.24) is 0 Å². The normalized spacial score (nSPS) is 10.6. The summed E-state index contributed by atoms with van der Waals surface area (Å²) < 4.78 is 16.8. The fourth-order valence-electron chi connectivity index (χ4n) is 2.70. The molecule has 0 unspecified atom stereocenters. The number of benzene rings is 2. The van der Waals surface area contributed by atoms with Gasteiger partial charge in [-0.25, -0.2) is 4.79 Å². The largest absolute Gasteiger partial charge is 0.496 e. The summed E-state index contributed by atoms with van der Waals surface area (Å²) in [6.07, 6.45) is 5.96. The van der Waals surface area contributed by atoms with Crippen molar-refractivity contribution in [3.05, 3.63) is 76.9 Å². The maximum atomic E-state index is 11.7. The molecule has 0 aliphatic rings. The molecule has 2 aromatic carbocycles. The Morgan fingerprint density at radius 3 is 2.46 bits per heavy atom. The van der Waals surface area contributed by atoms with Crippen LogP contribution in [0.25, 0.3) is 6.08 Å². The zero-order chi connectivity index (χ0) is 20.4. The molecule has 0 atom stereocenters. The van der Waals surface area contributed by atoms with Crippen molar-refractivity contribution in [1.29, 1.82) is 0 Å². The number of carbonyl (C=O) groups excluding carboxylic acids is 1. The van der Waals surface area contributed by atoms with Gasteiger partial charge in [-0.2, -0.15) is 0 Å². The fraction of sp³-hybridized carbons (Fsp3) is 0.292. The topological polar surface area (TPSA) is 44.8 Å². The second-order valence-corrected chi connectivity index (χ2v) is 6.51. The van der Waals surface area contributed by atoms with Gasteiger partial charge in [0, 0.05) is 17.2 Å². The first kappa shape index (κ1) is 21.3. The lowest BCUT2D eigenvalue weighted by atomic mass is 10.0. The van der Waals surface area contributed by atoms with Gasteiger partial charge < -0.3 is 14.2 Å². The van der Waals surface area contributed by atoms with Crippen LogP contribution in [0.3, 0.4) is 0 Å². The Bertz CT molecular complexity index is 831. The van der Waals surface area contributed by atoms with Crippen LogP contribution in [0, 0.1) is 0 Å². The van der Waals surface area contributed by atoms with Crippen LogP contribution < -0.4 is 9.47 Å². The van der Waals surface area contributed by atoms with Gasteiger partial charge >= 0.3 is 5.97 Å². The van der Waals surface area contributed by atoms with Gasteiger partial charge in [0.1, 0.15) is 18.1 Å². The molecule has 0 heterocycles. The standard InChI is InChI=1S/C24H28O4/c1-5-27-23(25)16-13-20-12-15-22(26-4)21(14-11-18(2)3)24(20)28-17-19-9-7-6-8-10-19/h6-13,15-16H,5,14,17H2,1-4H3/b16-13+. The van der Waals surface area contributed by atoms with E-state index in [9.17, 15) is 4.79 Å². The van der Waals surface area contributed by atoms with Crippen LogP contribution in [0.2, 0.25) is 0 Å². The van der Waals surface area contributed by atoms with Crippen LogP contribution >= 0.6 is 0 Å². The molecule has 0 saturated heterocycles. The van der Waals surface area contributed by atoms with Crippen molar-refractivity contribution >= 4 is 12.0 Å². The molecule has 0 fully saturated rings. The van der Waals surface area contributed by atoms with E-state index in [0.29, 0.717) is 25.4 Å².